The van der Waals surface area contributed by atoms with E-state index in [1.807, 2.05) is 0 Å². The van der Waals surface area contributed by atoms with Gasteiger partial charge in [0.25, 0.3) is 0 Å². The van der Waals surface area contributed by atoms with E-state index in [1.54, 1.807) is 0 Å². The first-order valence-corrected chi connectivity index (χ1v) is 5.36. The van der Waals surface area contributed by atoms with Crippen molar-refractivity contribution in [3.63, 3.8) is 0 Å². The van der Waals surface area contributed by atoms with Crippen molar-refractivity contribution in [2.45, 2.75) is 26.1 Å². The maximum absolute atomic E-state index is 11.6. The number of carbonyl (C=O) groups is 2. The maximum Gasteiger partial charge on any atom is 0.317 e. The van der Waals surface area contributed by atoms with Gasteiger partial charge in [-0.15, -0.1) is 0 Å². The van der Waals surface area contributed by atoms with Crippen LogP contribution in [0.25, 0.3) is 0 Å². The number of aliphatic hydroxyl groups is 2. The summed E-state index contributed by atoms with van der Waals surface area (Å²) >= 11 is 0. The Morgan fingerprint density at radius 2 is 1.76 bits per heavy atom. The highest BCUT2D eigenvalue weighted by Crippen LogP contribution is 2.14. The van der Waals surface area contributed by atoms with Gasteiger partial charge in [-0.3, -0.25) is 4.79 Å². The normalized spacial score (nSPS) is 24.8. The summed E-state index contributed by atoms with van der Waals surface area (Å²) in [5.41, 5.74) is -1.05. The number of carbonyl (C=O) groups excluding carboxylic acids is 1. The first-order valence-electron chi connectivity index (χ1n) is 5.36. The molecule has 2 unspecified atom stereocenters. The van der Waals surface area contributed by atoms with E-state index < -0.39 is 29.6 Å². The second-order valence-electron chi connectivity index (χ2n) is 4.89. The Labute approximate surface area is 99.0 Å². The Bertz CT molecular complexity index is 308. The highest BCUT2D eigenvalue weighted by molar-refractivity contribution is 5.77. The lowest BCUT2D eigenvalue weighted by Gasteiger charge is -2.22. The molecule has 1 aliphatic rings. The number of aliphatic hydroxyl groups excluding tert-OH is 2. The SMILES string of the molecule is CC(C)(CNC(=O)N1CC(O)C(O)C1)C(=O)O. The van der Waals surface area contributed by atoms with Crippen LogP contribution < -0.4 is 5.32 Å². The highest BCUT2D eigenvalue weighted by Gasteiger charge is 2.34. The molecule has 0 bridgehead atoms. The first-order chi connectivity index (χ1) is 7.74. The second kappa shape index (κ2) is 4.89. The van der Waals surface area contributed by atoms with Crippen LogP contribution in [0, 0.1) is 5.41 Å². The third-order valence-corrected chi connectivity index (χ3v) is 2.81. The summed E-state index contributed by atoms with van der Waals surface area (Å²) in [5.74, 6) is -1.00. The van der Waals surface area contributed by atoms with E-state index in [-0.39, 0.29) is 19.6 Å². The molecule has 0 saturated carbocycles. The lowest BCUT2D eigenvalue weighted by Crippen LogP contribution is -2.45. The topological polar surface area (TPSA) is 110 Å². The molecule has 1 aliphatic heterocycles. The highest BCUT2D eigenvalue weighted by atomic mass is 16.4. The van der Waals surface area contributed by atoms with Crippen LogP contribution >= 0.6 is 0 Å². The minimum atomic E-state index is -1.05. The fraction of sp³-hybridized carbons (Fsp3) is 0.800. The third-order valence-electron chi connectivity index (χ3n) is 2.81. The minimum Gasteiger partial charge on any atom is -0.481 e. The van der Waals surface area contributed by atoms with Gasteiger partial charge in [0.1, 0.15) is 0 Å². The first kappa shape index (κ1) is 13.7. The molecule has 2 amide bonds. The number of carboxylic acid groups (broad SMARTS) is 1. The Hall–Kier alpha value is -1.34. The minimum absolute atomic E-state index is 0.0101. The van der Waals surface area contributed by atoms with Crippen molar-refractivity contribution < 1.29 is 24.9 Å². The van der Waals surface area contributed by atoms with Crippen LogP contribution in [0.5, 0.6) is 0 Å². The molecule has 1 heterocycles. The van der Waals surface area contributed by atoms with Gasteiger partial charge < -0.3 is 25.5 Å². The molecule has 0 spiro atoms. The summed E-state index contributed by atoms with van der Waals surface area (Å²) in [6, 6.07) is -0.477. The van der Waals surface area contributed by atoms with Crippen molar-refractivity contribution >= 4 is 12.0 Å². The predicted octanol–water partition coefficient (Wildman–Crippen LogP) is -1.16. The maximum atomic E-state index is 11.6. The number of β-amino-alcohol motifs (C(OH)–C–C–N with tert-alkyl or cyclic N) is 2. The monoisotopic (exact) mass is 246 g/mol. The average Bonchev–Trinajstić information content (AvgIpc) is 2.56. The molecule has 4 N–H and O–H groups in total. The number of aliphatic carboxylic acids is 1. The summed E-state index contributed by atoms with van der Waals surface area (Å²) in [7, 11) is 0. The molecule has 1 saturated heterocycles. The van der Waals surface area contributed by atoms with Crippen LogP contribution in [0.2, 0.25) is 0 Å². The van der Waals surface area contributed by atoms with Crippen molar-refractivity contribution in [3.8, 4) is 0 Å². The molecular formula is C10H18N2O5. The Morgan fingerprint density at radius 3 is 2.18 bits per heavy atom. The Balaban J connectivity index is 2.44. The van der Waals surface area contributed by atoms with Crippen molar-refractivity contribution in [3.05, 3.63) is 0 Å². The van der Waals surface area contributed by atoms with Crippen molar-refractivity contribution in [2.24, 2.45) is 5.41 Å². The summed E-state index contributed by atoms with van der Waals surface area (Å²) < 4.78 is 0. The number of hydrogen-bond acceptors (Lipinski definition) is 4. The van der Waals surface area contributed by atoms with Gasteiger partial charge >= 0.3 is 12.0 Å². The van der Waals surface area contributed by atoms with Gasteiger partial charge in [0.2, 0.25) is 0 Å². The quantitative estimate of drug-likeness (QED) is 0.502. The summed E-state index contributed by atoms with van der Waals surface area (Å²) in [4.78, 5) is 23.7. The number of carboxylic acids is 1. The van der Waals surface area contributed by atoms with Crippen LogP contribution in [-0.4, -0.2) is 64.1 Å². The zero-order valence-corrected chi connectivity index (χ0v) is 9.88. The van der Waals surface area contributed by atoms with Crippen LogP contribution in [0.3, 0.4) is 0 Å². The molecule has 0 radical (unpaired) electrons. The van der Waals surface area contributed by atoms with E-state index >= 15 is 0 Å². The van der Waals surface area contributed by atoms with Gasteiger partial charge in [0.05, 0.1) is 30.7 Å². The second-order valence-corrected chi connectivity index (χ2v) is 4.89. The third kappa shape index (κ3) is 3.31. The Kier molecular flexibility index (Phi) is 3.94. The fourth-order valence-electron chi connectivity index (χ4n) is 1.42. The molecule has 17 heavy (non-hydrogen) atoms. The summed E-state index contributed by atoms with van der Waals surface area (Å²) in [5, 5.41) is 29.9. The van der Waals surface area contributed by atoms with Gasteiger partial charge in [-0.25, -0.2) is 4.79 Å². The van der Waals surface area contributed by atoms with E-state index in [4.69, 9.17) is 5.11 Å². The van der Waals surface area contributed by atoms with Gasteiger partial charge in [-0.2, -0.15) is 0 Å². The Morgan fingerprint density at radius 1 is 1.29 bits per heavy atom. The van der Waals surface area contributed by atoms with Gasteiger partial charge in [0, 0.05) is 6.54 Å². The van der Waals surface area contributed by atoms with Crippen molar-refractivity contribution in [1.82, 2.24) is 10.2 Å². The molecule has 7 nitrogen and oxygen atoms in total. The molecule has 1 fully saturated rings. The largest absolute Gasteiger partial charge is 0.481 e. The molecule has 7 heteroatoms. The molecule has 0 aromatic rings. The summed E-state index contributed by atoms with van der Waals surface area (Å²) in [6.07, 6.45) is -1.87. The van der Waals surface area contributed by atoms with Crippen LogP contribution in [-0.2, 0) is 4.79 Å². The van der Waals surface area contributed by atoms with Crippen molar-refractivity contribution in [2.75, 3.05) is 19.6 Å². The van der Waals surface area contributed by atoms with Crippen LogP contribution in [0.4, 0.5) is 4.79 Å². The van der Waals surface area contributed by atoms with E-state index in [9.17, 15) is 19.8 Å². The molecule has 0 aromatic heterocycles. The van der Waals surface area contributed by atoms with Gasteiger partial charge in [0.15, 0.2) is 0 Å². The lowest BCUT2D eigenvalue weighted by atomic mass is 9.94. The average molecular weight is 246 g/mol. The van der Waals surface area contributed by atoms with E-state index in [2.05, 4.69) is 5.32 Å². The van der Waals surface area contributed by atoms with E-state index in [0.29, 0.717) is 0 Å². The predicted molar refractivity (Wildman–Crippen MR) is 58.4 cm³/mol. The van der Waals surface area contributed by atoms with Gasteiger partial charge in [-0.1, -0.05) is 0 Å². The summed E-state index contributed by atoms with van der Waals surface area (Å²) in [6.45, 7) is 3.11. The molecule has 0 aliphatic carbocycles. The molecule has 98 valence electrons. The number of urea groups is 1. The van der Waals surface area contributed by atoms with Crippen molar-refractivity contribution in [1.29, 1.82) is 0 Å². The molecule has 0 aromatic carbocycles. The zero-order valence-electron chi connectivity index (χ0n) is 9.88. The molecule has 2 atom stereocenters. The lowest BCUT2D eigenvalue weighted by molar-refractivity contribution is -0.146. The number of amides is 2. The zero-order chi connectivity index (χ0) is 13.2. The number of nitrogens with one attached hydrogen (secondary N) is 1. The number of hydrogen-bond donors (Lipinski definition) is 4. The van der Waals surface area contributed by atoms with E-state index in [0.717, 1.165) is 0 Å². The number of rotatable bonds is 3. The number of nitrogens with zero attached hydrogens (tertiary/aromatic N) is 1. The molecular weight excluding hydrogens is 228 g/mol. The fourth-order valence-corrected chi connectivity index (χ4v) is 1.42. The number of likely N-dealkylation sites (tertiary alicyclic amines) is 1. The standard InChI is InChI=1S/C10H18N2O5/c1-10(2,8(15)16)5-11-9(17)12-3-6(13)7(14)4-12/h6-7,13-14H,3-5H2,1-2H3,(H,11,17)(H,15,16). The van der Waals surface area contributed by atoms with E-state index in [1.165, 1.54) is 18.7 Å². The smallest absolute Gasteiger partial charge is 0.317 e. The van der Waals surface area contributed by atoms with Crippen LogP contribution in [0.1, 0.15) is 13.8 Å². The molecule has 1 rings (SSSR count). The van der Waals surface area contributed by atoms with Crippen LogP contribution in [0.15, 0.2) is 0 Å². The van der Waals surface area contributed by atoms with Gasteiger partial charge in [-0.05, 0) is 13.8 Å².